The molecular formula is C14H17FN2S. The van der Waals surface area contributed by atoms with E-state index >= 15 is 0 Å². The van der Waals surface area contributed by atoms with Crippen molar-refractivity contribution < 1.29 is 4.39 Å². The standard InChI is InChI=1S/C14H17FN2S/c1-9-12(14(2,3)8-16)17-13(18-9)10-4-6-11(15)7-5-10/h4-7H,8,16H2,1-3H3. The number of aryl methyl sites for hydroxylation is 1. The molecule has 0 aliphatic heterocycles. The summed E-state index contributed by atoms with van der Waals surface area (Å²) in [7, 11) is 0. The summed E-state index contributed by atoms with van der Waals surface area (Å²) in [6.07, 6.45) is 0. The van der Waals surface area contributed by atoms with Gasteiger partial charge in [0.1, 0.15) is 10.8 Å². The summed E-state index contributed by atoms with van der Waals surface area (Å²) < 4.78 is 12.9. The van der Waals surface area contributed by atoms with Crippen LogP contribution in [0.5, 0.6) is 0 Å². The largest absolute Gasteiger partial charge is 0.330 e. The molecule has 0 aliphatic carbocycles. The van der Waals surface area contributed by atoms with Gasteiger partial charge in [-0.25, -0.2) is 9.37 Å². The lowest BCUT2D eigenvalue weighted by molar-refractivity contribution is 0.522. The maximum absolute atomic E-state index is 12.9. The van der Waals surface area contributed by atoms with Gasteiger partial charge >= 0.3 is 0 Å². The molecule has 0 radical (unpaired) electrons. The van der Waals surface area contributed by atoms with Gasteiger partial charge in [-0.15, -0.1) is 11.3 Å². The van der Waals surface area contributed by atoms with E-state index in [1.807, 2.05) is 0 Å². The molecule has 18 heavy (non-hydrogen) atoms. The van der Waals surface area contributed by atoms with Crippen molar-refractivity contribution in [2.24, 2.45) is 5.73 Å². The minimum absolute atomic E-state index is 0.126. The Bertz CT molecular complexity index is 543. The number of benzene rings is 1. The Labute approximate surface area is 111 Å². The third kappa shape index (κ3) is 2.44. The van der Waals surface area contributed by atoms with Crippen molar-refractivity contribution in [3.05, 3.63) is 40.7 Å². The molecule has 0 atom stereocenters. The predicted octanol–water partition coefficient (Wildman–Crippen LogP) is 3.49. The molecular weight excluding hydrogens is 247 g/mol. The van der Waals surface area contributed by atoms with E-state index in [0.717, 1.165) is 16.3 Å². The number of thiazole rings is 1. The number of hydrogen-bond donors (Lipinski definition) is 1. The van der Waals surface area contributed by atoms with E-state index in [1.165, 1.54) is 17.0 Å². The molecule has 0 unspecified atom stereocenters. The fourth-order valence-electron chi connectivity index (χ4n) is 1.84. The van der Waals surface area contributed by atoms with Crippen molar-refractivity contribution in [2.75, 3.05) is 6.54 Å². The summed E-state index contributed by atoms with van der Waals surface area (Å²) >= 11 is 1.63. The molecule has 2 rings (SSSR count). The van der Waals surface area contributed by atoms with Gasteiger partial charge in [-0.3, -0.25) is 0 Å². The van der Waals surface area contributed by atoms with E-state index in [-0.39, 0.29) is 11.2 Å². The molecule has 2 aromatic rings. The number of nitrogens with two attached hydrogens (primary N) is 1. The van der Waals surface area contributed by atoms with Gasteiger partial charge in [-0.05, 0) is 31.2 Å². The van der Waals surface area contributed by atoms with Gasteiger partial charge in [0.15, 0.2) is 0 Å². The number of hydrogen-bond acceptors (Lipinski definition) is 3. The summed E-state index contributed by atoms with van der Waals surface area (Å²) in [5, 5.41) is 0.920. The van der Waals surface area contributed by atoms with Gasteiger partial charge in [-0.2, -0.15) is 0 Å². The van der Waals surface area contributed by atoms with Crippen LogP contribution in [0.1, 0.15) is 24.4 Å². The smallest absolute Gasteiger partial charge is 0.123 e. The Morgan fingerprint density at radius 2 is 1.89 bits per heavy atom. The van der Waals surface area contributed by atoms with Crippen LogP contribution in [0, 0.1) is 12.7 Å². The summed E-state index contributed by atoms with van der Waals surface area (Å²) in [5.74, 6) is -0.227. The SMILES string of the molecule is Cc1sc(-c2ccc(F)cc2)nc1C(C)(C)CN. The van der Waals surface area contributed by atoms with Gasteiger partial charge in [-0.1, -0.05) is 13.8 Å². The zero-order chi connectivity index (χ0) is 13.3. The molecule has 1 aromatic carbocycles. The molecule has 0 saturated carbocycles. The average Bonchev–Trinajstić information content (AvgIpc) is 2.73. The number of halogens is 1. The maximum atomic E-state index is 12.9. The third-order valence-electron chi connectivity index (χ3n) is 3.04. The van der Waals surface area contributed by atoms with Gasteiger partial charge in [0.2, 0.25) is 0 Å². The second kappa shape index (κ2) is 4.78. The van der Waals surface area contributed by atoms with Crippen LogP contribution in [-0.4, -0.2) is 11.5 Å². The molecule has 2 nitrogen and oxygen atoms in total. The van der Waals surface area contributed by atoms with Crippen LogP contribution in [-0.2, 0) is 5.41 Å². The lowest BCUT2D eigenvalue weighted by Gasteiger charge is -2.20. The first kappa shape index (κ1) is 13.2. The Hall–Kier alpha value is -1.26. The molecule has 0 spiro atoms. The number of aromatic nitrogens is 1. The lowest BCUT2D eigenvalue weighted by Crippen LogP contribution is -2.29. The van der Waals surface area contributed by atoms with Crippen LogP contribution in [0.15, 0.2) is 24.3 Å². The highest BCUT2D eigenvalue weighted by molar-refractivity contribution is 7.15. The minimum Gasteiger partial charge on any atom is -0.330 e. The van der Waals surface area contributed by atoms with E-state index in [4.69, 9.17) is 5.73 Å². The van der Waals surface area contributed by atoms with Gasteiger partial charge in [0.05, 0.1) is 5.69 Å². The van der Waals surface area contributed by atoms with Crippen LogP contribution in [0.25, 0.3) is 10.6 Å². The molecule has 2 N–H and O–H groups in total. The first-order valence-electron chi connectivity index (χ1n) is 5.88. The molecule has 0 fully saturated rings. The molecule has 0 saturated heterocycles. The molecule has 0 bridgehead atoms. The van der Waals surface area contributed by atoms with Crippen LogP contribution in [0.4, 0.5) is 4.39 Å². The van der Waals surface area contributed by atoms with Crippen LogP contribution in [0.2, 0.25) is 0 Å². The Morgan fingerprint density at radius 3 is 2.44 bits per heavy atom. The van der Waals surface area contributed by atoms with E-state index in [1.54, 1.807) is 23.5 Å². The second-order valence-electron chi connectivity index (χ2n) is 5.02. The van der Waals surface area contributed by atoms with Crippen molar-refractivity contribution >= 4 is 11.3 Å². The molecule has 0 aliphatic rings. The predicted molar refractivity (Wildman–Crippen MR) is 74.3 cm³/mol. The zero-order valence-corrected chi connectivity index (χ0v) is 11.6. The molecule has 0 amide bonds. The first-order chi connectivity index (χ1) is 8.44. The quantitative estimate of drug-likeness (QED) is 0.921. The third-order valence-corrected chi connectivity index (χ3v) is 4.06. The van der Waals surface area contributed by atoms with Gasteiger partial charge in [0.25, 0.3) is 0 Å². The highest BCUT2D eigenvalue weighted by atomic mass is 32.1. The molecule has 1 aromatic heterocycles. The molecule has 96 valence electrons. The average molecular weight is 264 g/mol. The minimum atomic E-state index is -0.227. The van der Waals surface area contributed by atoms with E-state index < -0.39 is 0 Å². The number of rotatable bonds is 3. The number of nitrogens with zero attached hydrogens (tertiary/aromatic N) is 1. The summed E-state index contributed by atoms with van der Waals surface area (Å²) in [6, 6.07) is 6.43. The monoisotopic (exact) mass is 264 g/mol. The summed E-state index contributed by atoms with van der Waals surface area (Å²) in [5.41, 5.74) is 7.65. The molecule has 4 heteroatoms. The van der Waals surface area contributed by atoms with E-state index in [9.17, 15) is 4.39 Å². The van der Waals surface area contributed by atoms with Crippen LogP contribution >= 0.6 is 11.3 Å². The molecule has 1 heterocycles. The van der Waals surface area contributed by atoms with Crippen molar-refractivity contribution in [1.82, 2.24) is 4.98 Å². The van der Waals surface area contributed by atoms with Gasteiger partial charge in [0, 0.05) is 22.4 Å². The Kier molecular flexibility index (Phi) is 3.50. The highest BCUT2D eigenvalue weighted by Gasteiger charge is 2.25. The topological polar surface area (TPSA) is 38.9 Å². The summed E-state index contributed by atoms with van der Waals surface area (Å²) in [6.45, 7) is 6.78. The fraction of sp³-hybridized carbons (Fsp3) is 0.357. The summed E-state index contributed by atoms with van der Waals surface area (Å²) in [4.78, 5) is 5.84. The zero-order valence-electron chi connectivity index (χ0n) is 10.8. The normalized spacial score (nSPS) is 11.8. The van der Waals surface area contributed by atoms with Crippen molar-refractivity contribution in [3.8, 4) is 10.6 Å². The van der Waals surface area contributed by atoms with Crippen molar-refractivity contribution in [3.63, 3.8) is 0 Å². The van der Waals surface area contributed by atoms with Crippen molar-refractivity contribution in [1.29, 1.82) is 0 Å². The van der Waals surface area contributed by atoms with E-state index in [2.05, 4.69) is 25.8 Å². The van der Waals surface area contributed by atoms with E-state index in [0.29, 0.717) is 6.54 Å². The van der Waals surface area contributed by atoms with Crippen molar-refractivity contribution in [2.45, 2.75) is 26.2 Å². The Balaban J connectivity index is 2.43. The van der Waals surface area contributed by atoms with Crippen LogP contribution in [0.3, 0.4) is 0 Å². The fourth-order valence-corrected chi connectivity index (χ4v) is 2.94. The van der Waals surface area contributed by atoms with Gasteiger partial charge < -0.3 is 5.73 Å². The van der Waals surface area contributed by atoms with Crippen LogP contribution < -0.4 is 5.73 Å². The Morgan fingerprint density at radius 1 is 1.28 bits per heavy atom. The first-order valence-corrected chi connectivity index (χ1v) is 6.69. The second-order valence-corrected chi connectivity index (χ2v) is 6.22. The maximum Gasteiger partial charge on any atom is 0.123 e. The highest BCUT2D eigenvalue weighted by Crippen LogP contribution is 2.33. The lowest BCUT2D eigenvalue weighted by atomic mass is 9.89.